The number of fused-ring (bicyclic) bond motifs is 1. The first kappa shape index (κ1) is 20.8. The summed E-state index contributed by atoms with van der Waals surface area (Å²) in [5.74, 6) is -0.0380. The lowest BCUT2D eigenvalue weighted by molar-refractivity contribution is 0.100. The number of aromatic nitrogens is 2. The summed E-state index contributed by atoms with van der Waals surface area (Å²) in [6, 6.07) is 16.6. The molecule has 2 heterocycles. The average molecular weight is 449 g/mol. The van der Waals surface area contributed by atoms with Gasteiger partial charge >= 0.3 is 0 Å². The van der Waals surface area contributed by atoms with Crippen molar-refractivity contribution < 1.29 is 4.79 Å². The van der Waals surface area contributed by atoms with Gasteiger partial charge in [0.2, 0.25) is 0 Å². The minimum atomic E-state index is -0.579. The van der Waals surface area contributed by atoms with Gasteiger partial charge in [0, 0.05) is 11.4 Å². The Balaban J connectivity index is 1.92. The van der Waals surface area contributed by atoms with Gasteiger partial charge in [0.1, 0.15) is 10.7 Å². The van der Waals surface area contributed by atoms with Gasteiger partial charge in [0.25, 0.3) is 11.5 Å². The van der Waals surface area contributed by atoms with E-state index in [1.165, 1.54) is 0 Å². The highest BCUT2D eigenvalue weighted by atomic mass is 35.5. The van der Waals surface area contributed by atoms with Gasteiger partial charge in [-0.2, -0.15) is 5.26 Å². The van der Waals surface area contributed by atoms with E-state index in [1.54, 1.807) is 35.8 Å². The summed E-state index contributed by atoms with van der Waals surface area (Å²) in [6.45, 7) is 1.95. The molecule has 2 N–H and O–H groups in total. The molecule has 0 radical (unpaired) electrons. The number of thiophene rings is 1. The predicted octanol–water partition coefficient (Wildman–Crippen LogP) is 4.03. The highest BCUT2D eigenvalue weighted by Crippen LogP contribution is 2.28. The Morgan fingerprint density at radius 1 is 1.23 bits per heavy atom. The van der Waals surface area contributed by atoms with E-state index in [2.05, 4.69) is 6.07 Å². The third-order valence-corrected chi connectivity index (χ3v) is 6.44. The van der Waals surface area contributed by atoms with Gasteiger partial charge < -0.3 is 5.73 Å². The number of hydrogen-bond acceptors (Lipinski definition) is 5. The third kappa shape index (κ3) is 4.08. The van der Waals surface area contributed by atoms with Crippen LogP contribution in [0.4, 0.5) is 0 Å². The van der Waals surface area contributed by atoms with Crippen molar-refractivity contribution >= 4 is 39.1 Å². The van der Waals surface area contributed by atoms with Crippen LogP contribution in [0.1, 0.15) is 37.7 Å². The van der Waals surface area contributed by atoms with Crippen LogP contribution in [0.3, 0.4) is 0 Å². The Kier molecular flexibility index (Phi) is 5.59. The van der Waals surface area contributed by atoms with Crippen molar-refractivity contribution in [2.45, 2.75) is 19.9 Å². The molecule has 0 aliphatic rings. The molecule has 4 rings (SSSR count). The van der Waals surface area contributed by atoms with E-state index >= 15 is 0 Å². The standard InChI is InChI=1S/C23H17ClN4O2S/c1-13-19-22(31-20(13)21(26)29)27-18(10-14-4-3-7-17(24)9-14)28(23(19)30)12-16-6-2-5-15(8-16)11-25/h2-9H,10,12H2,1H3,(H2,26,29). The quantitative estimate of drug-likeness (QED) is 0.498. The van der Waals surface area contributed by atoms with E-state index in [-0.39, 0.29) is 12.1 Å². The Morgan fingerprint density at radius 3 is 2.68 bits per heavy atom. The molecular weight excluding hydrogens is 432 g/mol. The summed E-state index contributed by atoms with van der Waals surface area (Å²) in [5, 5.41) is 10.2. The molecule has 154 valence electrons. The van der Waals surface area contributed by atoms with Crippen molar-refractivity contribution in [2.24, 2.45) is 5.73 Å². The molecule has 0 aliphatic carbocycles. The van der Waals surface area contributed by atoms with Crippen LogP contribution in [0.25, 0.3) is 10.2 Å². The van der Waals surface area contributed by atoms with Gasteiger partial charge in [0.15, 0.2) is 0 Å². The third-order valence-electron chi connectivity index (χ3n) is 5.00. The maximum absolute atomic E-state index is 13.5. The monoisotopic (exact) mass is 448 g/mol. The summed E-state index contributed by atoms with van der Waals surface area (Å²) in [4.78, 5) is 30.9. The number of nitrogens with two attached hydrogens (primary N) is 1. The van der Waals surface area contributed by atoms with Crippen LogP contribution >= 0.6 is 22.9 Å². The molecule has 2 aromatic heterocycles. The van der Waals surface area contributed by atoms with Crippen molar-refractivity contribution in [1.82, 2.24) is 9.55 Å². The number of carbonyl (C=O) groups excluding carboxylic acids is 1. The molecule has 8 heteroatoms. The Morgan fingerprint density at radius 2 is 1.97 bits per heavy atom. The molecule has 6 nitrogen and oxygen atoms in total. The fourth-order valence-corrected chi connectivity index (χ4v) is 4.80. The molecule has 0 saturated carbocycles. The van der Waals surface area contributed by atoms with Crippen LogP contribution in [0, 0.1) is 18.3 Å². The summed E-state index contributed by atoms with van der Waals surface area (Å²) >= 11 is 7.26. The van der Waals surface area contributed by atoms with Crippen LogP contribution < -0.4 is 11.3 Å². The number of benzene rings is 2. The van der Waals surface area contributed by atoms with Gasteiger partial charge in [-0.3, -0.25) is 14.2 Å². The molecule has 2 aromatic carbocycles. The van der Waals surface area contributed by atoms with Crippen LogP contribution in [0.5, 0.6) is 0 Å². The summed E-state index contributed by atoms with van der Waals surface area (Å²) < 4.78 is 1.59. The SMILES string of the molecule is Cc1c(C(N)=O)sc2nc(Cc3cccc(Cl)c3)n(Cc3cccc(C#N)c3)c(=O)c12. The van der Waals surface area contributed by atoms with Crippen molar-refractivity contribution in [1.29, 1.82) is 5.26 Å². The topological polar surface area (TPSA) is 102 Å². The lowest BCUT2D eigenvalue weighted by Crippen LogP contribution is -2.26. The first-order valence-corrected chi connectivity index (χ1v) is 10.6. The second kappa shape index (κ2) is 8.34. The zero-order valence-corrected chi connectivity index (χ0v) is 18.1. The zero-order valence-electron chi connectivity index (χ0n) is 16.6. The number of aryl methyl sites for hydroxylation is 1. The van der Waals surface area contributed by atoms with Gasteiger partial charge in [-0.25, -0.2) is 4.98 Å². The molecule has 1 amide bonds. The van der Waals surface area contributed by atoms with Crippen LogP contribution in [-0.4, -0.2) is 15.5 Å². The smallest absolute Gasteiger partial charge is 0.262 e. The summed E-state index contributed by atoms with van der Waals surface area (Å²) in [5.41, 5.74) is 8.01. The van der Waals surface area contributed by atoms with E-state index in [1.807, 2.05) is 24.3 Å². The normalized spacial score (nSPS) is 10.9. The fraction of sp³-hybridized carbons (Fsp3) is 0.130. The Labute approximate surface area is 187 Å². The number of primary amides is 1. The van der Waals surface area contributed by atoms with Crippen molar-refractivity contribution in [3.8, 4) is 6.07 Å². The number of nitrogens with zero attached hydrogens (tertiary/aromatic N) is 3. The highest BCUT2D eigenvalue weighted by Gasteiger charge is 2.20. The second-order valence-corrected chi connectivity index (χ2v) is 8.57. The van der Waals surface area contributed by atoms with Gasteiger partial charge in [0.05, 0.1) is 28.4 Å². The van der Waals surface area contributed by atoms with Crippen LogP contribution in [-0.2, 0) is 13.0 Å². The van der Waals surface area contributed by atoms with Crippen molar-refractivity contribution in [3.05, 3.63) is 96.9 Å². The number of carbonyl (C=O) groups is 1. The lowest BCUT2D eigenvalue weighted by atomic mass is 10.1. The average Bonchev–Trinajstić information content (AvgIpc) is 3.07. The van der Waals surface area contributed by atoms with Crippen molar-refractivity contribution in [2.75, 3.05) is 0 Å². The maximum Gasteiger partial charge on any atom is 0.262 e. The summed E-state index contributed by atoms with van der Waals surface area (Å²) in [6.07, 6.45) is 0.381. The molecule has 0 saturated heterocycles. The summed E-state index contributed by atoms with van der Waals surface area (Å²) in [7, 11) is 0. The number of rotatable bonds is 5. The van der Waals surface area contributed by atoms with Crippen LogP contribution in [0.15, 0.2) is 53.3 Å². The molecule has 0 atom stereocenters. The number of amides is 1. The molecule has 0 aliphatic heterocycles. The highest BCUT2D eigenvalue weighted by molar-refractivity contribution is 7.20. The zero-order chi connectivity index (χ0) is 22.1. The fourth-order valence-electron chi connectivity index (χ4n) is 3.54. The molecule has 0 bridgehead atoms. The minimum absolute atomic E-state index is 0.244. The number of hydrogen-bond donors (Lipinski definition) is 1. The van der Waals surface area contributed by atoms with E-state index < -0.39 is 5.91 Å². The number of nitriles is 1. The van der Waals surface area contributed by atoms with Crippen molar-refractivity contribution in [3.63, 3.8) is 0 Å². The Bertz CT molecular complexity index is 1430. The van der Waals surface area contributed by atoms with Gasteiger partial charge in [-0.15, -0.1) is 11.3 Å². The largest absolute Gasteiger partial charge is 0.365 e. The molecular formula is C23H17ClN4O2S. The van der Waals surface area contributed by atoms with Crippen LogP contribution in [0.2, 0.25) is 5.02 Å². The molecule has 0 unspecified atom stereocenters. The van der Waals surface area contributed by atoms with E-state index in [0.717, 1.165) is 22.5 Å². The molecule has 0 spiro atoms. The van der Waals surface area contributed by atoms with Gasteiger partial charge in [-0.05, 0) is 47.9 Å². The van der Waals surface area contributed by atoms with E-state index in [4.69, 9.17) is 22.3 Å². The molecule has 31 heavy (non-hydrogen) atoms. The first-order chi connectivity index (χ1) is 14.9. The Hall–Kier alpha value is -3.47. The first-order valence-electron chi connectivity index (χ1n) is 9.43. The van der Waals surface area contributed by atoms with E-state index in [0.29, 0.717) is 43.5 Å². The second-order valence-electron chi connectivity index (χ2n) is 7.14. The molecule has 4 aromatic rings. The predicted molar refractivity (Wildman–Crippen MR) is 122 cm³/mol. The number of halogens is 1. The maximum atomic E-state index is 13.5. The molecule has 0 fully saturated rings. The minimum Gasteiger partial charge on any atom is -0.365 e. The van der Waals surface area contributed by atoms with E-state index in [9.17, 15) is 14.9 Å². The lowest BCUT2D eigenvalue weighted by Gasteiger charge is -2.13. The van der Waals surface area contributed by atoms with Gasteiger partial charge in [-0.1, -0.05) is 35.9 Å².